The predicted octanol–water partition coefficient (Wildman–Crippen LogP) is 6.16. The molecule has 1 aliphatic rings. The normalized spacial score (nSPS) is 14.7. The van der Waals surface area contributed by atoms with Gasteiger partial charge in [0.2, 0.25) is 5.91 Å². The number of amidine groups is 1. The van der Waals surface area contributed by atoms with Crippen molar-refractivity contribution in [3.63, 3.8) is 0 Å². The Bertz CT molecular complexity index is 1600. The number of ether oxygens (including phenoxy) is 1. The van der Waals surface area contributed by atoms with Crippen molar-refractivity contribution in [3.8, 4) is 22.8 Å². The molecule has 0 saturated carbocycles. The van der Waals surface area contributed by atoms with Crippen LogP contribution in [0.5, 0.6) is 5.75 Å². The molecule has 1 aliphatic heterocycles. The fraction of sp³-hybridized carbons (Fsp3) is 0.207. The quantitative estimate of drug-likeness (QED) is 0.261. The van der Waals surface area contributed by atoms with E-state index in [-0.39, 0.29) is 35.7 Å². The monoisotopic (exact) mass is 579 g/mol. The van der Waals surface area contributed by atoms with Gasteiger partial charge in [-0.2, -0.15) is 4.99 Å². The van der Waals surface area contributed by atoms with E-state index in [1.807, 2.05) is 38.1 Å². The Kier molecular flexibility index (Phi) is 7.93. The highest BCUT2D eigenvalue weighted by Crippen LogP contribution is 2.33. The topological polar surface area (TPSA) is 89.7 Å². The minimum atomic E-state index is -4.76. The van der Waals surface area contributed by atoms with Crippen LogP contribution < -0.4 is 9.64 Å². The van der Waals surface area contributed by atoms with E-state index < -0.39 is 6.36 Å². The highest BCUT2D eigenvalue weighted by atomic mass is 32.2. The first-order valence-corrected chi connectivity index (χ1v) is 13.6. The van der Waals surface area contributed by atoms with E-state index >= 15 is 0 Å². The van der Waals surface area contributed by atoms with Crippen LogP contribution in [0.3, 0.4) is 0 Å². The van der Waals surface area contributed by atoms with Crippen LogP contribution in [0.2, 0.25) is 0 Å². The number of halogens is 3. The van der Waals surface area contributed by atoms with E-state index in [1.165, 1.54) is 51.9 Å². The maximum absolute atomic E-state index is 12.8. The van der Waals surface area contributed by atoms with Crippen LogP contribution in [-0.4, -0.2) is 43.9 Å². The Labute approximate surface area is 237 Å². The summed E-state index contributed by atoms with van der Waals surface area (Å²) in [5, 5.41) is 4.76. The maximum atomic E-state index is 12.8. The standard InChI is InChI=1S/C29H24F3N5O3S/c1-18(2)23-5-3-4-6-24(23)37-26(39)16-41-28(37)34-25(38)15-19-7-9-20(10-8-19)27-33-17-36(35-27)21-11-13-22(14-12-21)40-29(30,31)32/h3-14,17-18H,15-16H2,1-2H3. The molecule has 210 valence electrons. The summed E-state index contributed by atoms with van der Waals surface area (Å²) in [6, 6.07) is 20.0. The summed E-state index contributed by atoms with van der Waals surface area (Å²) in [7, 11) is 0. The van der Waals surface area contributed by atoms with Crippen LogP contribution in [0.1, 0.15) is 30.9 Å². The van der Waals surface area contributed by atoms with E-state index in [0.717, 1.165) is 16.8 Å². The van der Waals surface area contributed by atoms with Crippen molar-refractivity contribution >= 4 is 34.4 Å². The first kappa shape index (κ1) is 28.1. The van der Waals surface area contributed by atoms with Gasteiger partial charge in [0.15, 0.2) is 11.0 Å². The number of hydrogen-bond donors (Lipinski definition) is 0. The first-order chi connectivity index (χ1) is 19.6. The van der Waals surface area contributed by atoms with Gasteiger partial charge in [-0.15, -0.1) is 18.3 Å². The molecule has 12 heteroatoms. The number of para-hydroxylation sites is 1. The van der Waals surface area contributed by atoms with Crippen molar-refractivity contribution in [1.29, 1.82) is 0 Å². The largest absolute Gasteiger partial charge is 0.573 e. The number of nitrogens with zero attached hydrogens (tertiary/aromatic N) is 5. The van der Waals surface area contributed by atoms with Crippen LogP contribution in [0.25, 0.3) is 17.1 Å². The van der Waals surface area contributed by atoms with E-state index in [1.54, 1.807) is 24.3 Å². The molecule has 3 aromatic carbocycles. The van der Waals surface area contributed by atoms with Crippen LogP contribution >= 0.6 is 11.8 Å². The smallest absolute Gasteiger partial charge is 0.406 e. The number of benzene rings is 3. The molecule has 1 fully saturated rings. The molecule has 0 bridgehead atoms. The number of amides is 2. The Morgan fingerprint density at radius 1 is 1.05 bits per heavy atom. The average molecular weight is 580 g/mol. The zero-order valence-electron chi connectivity index (χ0n) is 22.0. The summed E-state index contributed by atoms with van der Waals surface area (Å²) < 4.78 is 42.5. The minimum Gasteiger partial charge on any atom is -0.406 e. The van der Waals surface area contributed by atoms with E-state index in [4.69, 9.17) is 0 Å². The number of aliphatic imine (C=N–C) groups is 1. The second-order valence-electron chi connectivity index (χ2n) is 9.45. The highest BCUT2D eigenvalue weighted by molar-refractivity contribution is 8.15. The molecule has 8 nitrogen and oxygen atoms in total. The number of thioether (sulfide) groups is 1. The summed E-state index contributed by atoms with van der Waals surface area (Å²) >= 11 is 1.25. The van der Waals surface area contributed by atoms with Gasteiger partial charge in [-0.05, 0) is 47.4 Å². The SMILES string of the molecule is CC(C)c1ccccc1N1C(=O)CSC1=NC(=O)Cc1ccc(-c2ncn(-c3ccc(OC(F)(F)F)cc3)n2)cc1. The molecule has 0 spiro atoms. The predicted molar refractivity (Wildman–Crippen MR) is 150 cm³/mol. The number of anilines is 1. The Morgan fingerprint density at radius 2 is 1.76 bits per heavy atom. The second kappa shape index (κ2) is 11.6. The molecule has 0 unspecified atom stereocenters. The van der Waals surface area contributed by atoms with Crippen molar-refractivity contribution in [1.82, 2.24) is 14.8 Å². The van der Waals surface area contributed by atoms with Crippen LogP contribution in [0.4, 0.5) is 18.9 Å². The molecule has 4 aromatic rings. The molecule has 1 aromatic heterocycles. The molecular formula is C29H24F3N5O3S. The lowest BCUT2D eigenvalue weighted by atomic mass is 10.0. The van der Waals surface area contributed by atoms with Gasteiger partial charge in [0.25, 0.3) is 5.91 Å². The molecule has 41 heavy (non-hydrogen) atoms. The lowest BCUT2D eigenvalue weighted by molar-refractivity contribution is -0.274. The van der Waals surface area contributed by atoms with Crippen LogP contribution in [0.15, 0.2) is 84.1 Å². The average Bonchev–Trinajstić information content (AvgIpc) is 3.56. The second-order valence-corrected chi connectivity index (χ2v) is 10.4. The summed E-state index contributed by atoms with van der Waals surface area (Å²) in [6.07, 6.45) is -3.27. The fourth-order valence-electron chi connectivity index (χ4n) is 4.27. The van der Waals surface area contributed by atoms with Gasteiger partial charge in [-0.3, -0.25) is 14.5 Å². The lowest BCUT2D eigenvalue weighted by Crippen LogP contribution is -2.31. The third-order valence-corrected chi connectivity index (χ3v) is 7.10. The molecule has 2 amide bonds. The molecule has 0 N–H and O–H groups in total. The van der Waals surface area contributed by atoms with Crippen molar-refractivity contribution < 1.29 is 27.5 Å². The molecule has 0 atom stereocenters. The molecule has 5 rings (SSSR count). The molecule has 0 aliphatic carbocycles. The summed E-state index contributed by atoms with van der Waals surface area (Å²) in [4.78, 5) is 35.6. The minimum absolute atomic E-state index is 0.0480. The molecule has 1 saturated heterocycles. The van der Waals surface area contributed by atoms with Gasteiger partial charge < -0.3 is 4.74 Å². The van der Waals surface area contributed by atoms with Gasteiger partial charge in [-0.25, -0.2) is 9.67 Å². The number of hydrogen-bond acceptors (Lipinski definition) is 6. The van der Waals surface area contributed by atoms with E-state index in [9.17, 15) is 22.8 Å². The van der Waals surface area contributed by atoms with Gasteiger partial charge in [0.1, 0.15) is 12.1 Å². The molecule has 2 heterocycles. The van der Waals surface area contributed by atoms with E-state index in [0.29, 0.717) is 22.2 Å². The Balaban J connectivity index is 1.26. The van der Waals surface area contributed by atoms with Crippen molar-refractivity contribution in [2.75, 3.05) is 10.7 Å². The Morgan fingerprint density at radius 3 is 2.44 bits per heavy atom. The van der Waals surface area contributed by atoms with Gasteiger partial charge in [-0.1, -0.05) is 68.1 Å². The lowest BCUT2D eigenvalue weighted by Gasteiger charge is -2.21. The third-order valence-electron chi connectivity index (χ3n) is 6.18. The number of carbonyl (C=O) groups excluding carboxylic acids is 2. The summed E-state index contributed by atoms with van der Waals surface area (Å²) in [5.74, 6) is -0.00129. The zero-order valence-corrected chi connectivity index (χ0v) is 22.8. The Hall–Kier alpha value is -4.45. The molecular weight excluding hydrogens is 555 g/mol. The van der Waals surface area contributed by atoms with Gasteiger partial charge in [0.05, 0.1) is 23.5 Å². The zero-order chi connectivity index (χ0) is 29.1. The number of rotatable bonds is 7. The number of carbonyl (C=O) groups is 2. The summed E-state index contributed by atoms with van der Waals surface area (Å²) in [6.45, 7) is 4.10. The number of alkyl halides is 3. The number of aromatic nitrogens is 3. The first-order valence-electron chi connectivity index (χ1n) is 12.6. The van der Waals surface area contributed by atoms with Gasteiger partial charge in [0, 0.05) is 5.56 Å². The van der Waals surface area contributed by atoms with Crippen LogP contribution in [-0.2, 0) is 16.0 Å². The maximum Gasteiger partial charge on any atom is 0.573 e. The molecule has 0 radical (unpaired) electrons. The van der Waals surface area contributed by atoms with Crippen molar-refractivity contribution in [2.24, 2.45) is 4.99 Å². The fourth-order valence-corrected chi connectivity index (χ4v) is 5.15. The third kappa shape index (κ3) is 6.65. The highest BCUT2D eigenvalue weighted by Gasteiger charge is 2.32. The summed E-state index contributed by atoms with van der Waals surface area (Å²) in [5.41, 5.74) is 3.67. The van der Waals surface area contributed by atoms with E-state index in [2.05, 4.69) is 19.8 Å². The van der Waals surface area contributed by atoms with Gasteiger partial charge >= 0.3 is 6.36 Å². The van der Waals surface area contributed by atoms with Crippen LogP contribution in [0, 0.1) is 0 Å². The van der Waals surface area contributed by atoms with Crippen molar-refractivity contribution in [2.45, 2.75) is 32.5 Å². The van der Waals surface area contributed by atoms with Crippen molar-refractivity contribution in [3.05, 3.63) is 90.3 Å².